The zero-order chi connectivity index (χ0) is 15.2. The van der Waals surface area contributed by atoms with Crippen LogP contribution in [0.1, 0.15) is 0 Å². The fourth-order valence-electron chi connectivity index (χ4n) is 1.95. The van der Waals surface area contributed by atoms with E-state index in [-0.39, 0.29) is 5.91 Å². The highest BCUT2D eigenvalue weighted by molar-refractivity contribution is 8.00. The molecule has 2 aromatic carbocycles. The van der Waals surface area contributed by atoms with E-state index >= 15 is 0 Å². The standard InChI is InChI=1S/C16H14N4OS/c21-15(10-22-14-7-2-1-3-8-14)19-13-6-4-5-12(9-13)16-17-11-18-20-16/h1-9,11H,10H2,(H,19,21)(H,17,18,20). The molecule has 0 bridgehead atoms. The van der Waals surface area contributed by atoms with Gasteiger partial charge in [-0.05, 0) is 24.3 Å². The zero-order valence-corrected chi connectivity index (χ0v) is 12.5. The van der Waals surface area contributed by atoms with Gasteiger partial charge < -0.3 is 5.32 Å². The lowest BCUT2D eigenvalue weighted by Crippen LogP contribution is -2.13. The van der Waals surface area contributed by atoms with Gasteiger partial charge in [-0.1, -0.05) is 30.3 Å². The molecule has 1 amide bonds. The van der Waals surface area contributed by atoms with Gasteiger partial charge in [0.15, 0.2) is 5.82 Å². The van der Waals surface area contributed by atoms with Crippen molar-refractivity contribution >= 4 is 23.4 Å². The number of carbonyl (C=O) groups is 1. The minimum Gasteiger partial charge on any atom is -0.325 e. The van der Waals surface area contributed by atoms with Gasteiger partial charge in [0.25, 0.3) is 0 Å². The van der Waals surface area contributed by atoms with Gasteiger partial charge in [-0.15, -0.1) is 11.8 Å². The number of amides is 1. The van der Waals surface area contributed by atoms with Gasteiger partial charge in [0.05, 0.1) is 5.75 Å². The fraction of sp³-hybridized carbons (Fsp3) is 0.0625. The topological polar surface area (TPSA) is 70.7 Å². The maximum atomic E-state index is 12.0. The van der Waals surface area contributed by atoms with Gasteiger partial charge in [0, 0.05) is 16.1 Å². The van der Waals surface area contributed by atoms with E-state index in [2.05, 4.69) is 20.5 Å². The highest BCUT2D eigenvalue weighted by Crippen LogP contribution is 2.20. The third-order valence-electron chi connectivity index (χ3n) is 2.95. The Hall–Kier alpha value is -2.60. The first-order chi connectivity index (χ1) is 10.8. The van der Waals surface area contributed by atoms with Crippen LogP contribution >= 0.6 is 11.8 Å². The molecular weight excluding hydrogens is 296 g/mol. The van der Waals surface area contributed by atoms with Crippen molar-refractivity contribution in [2.75, 3.05) is 11.1 Å². The predicted molar refractivity (Wildman–Crippen MR) is 87.6 cm³/mol. The second-order valence-corrected chi connectivity index (χ2v) is 5.61. The maximum Gasteiger partial charge on any atom is 0.234 e. The molecule has 1 heterocycles. The molecule has 0 radical (unpaired) electrons. The summed E-state index contributed by atoms with van der Waals surface area (Å²) in [4.78, 5) is 17.2. The molecule has 0 unspecified atom stereocenters. The van der Waals surface area contributed by atoms with Crippen LogP contribution in [0.2, 0.25) is 0 Å². The summed E-state index contributed by atoms with van der Waals surface area (Å²) < 4.78 is 0. The average molecular weight is 310 g/mol. The van der Waals surface area contributed by atoms with Gasteiger partial charge in [0.2, 0.25) is 5.91 Å². The van der Waals surface area contributed by atoms with Crippen molar-refractivity contribution in [2.24, 2.45) is 0 Å². The van der Waals surface area contributed by atoms with Gasteiger partial charge in [-0.3, -0.25) is 9.89 Å². The number of H-pyrrole nitrogens is 1. The number of aromatic nitrogens is 3. The van der Waals surface area contributed by atoms with Crippen LogP contribution < -0.4 is 5.32 Å². The summed E-state index contributed by atoms with van der Waals surface area (Å²) in [6.45, 7) is 0. The molecule has 0 fully saturated rings. The first-order valence-electron chi connectivity index (χ1n) is 6.75. The minimum absolute atomic E-state index is 0.0384. The molecule has 3 rings (SSSR count). The Balaban J connectivity index is 1.61. The lowest BCUT2D eigenvalue weighted by atomic mass is 10.2. The minimum atomic E-state index is -0.0384. The van der Waals surface area contributed by atoms with Gasteiger partial charge in [-0.25, -0.2) is 4.98 Å². The molecule has 3 aromatic rings. The second kappa shape index (κ2) is 6.91. The number of benzene rings is 2. The summed E-state index contributed by atoms with van der Waals surface area (Å²) in [5.41, 5.74) is 1.62. The Morgan fingerprint density at radius 2 is 2.00 bits per heavy atom. The molecule has 5 nitrogen and oxygen atoms in total. The zero-order valence-electron chi connectivity index (χ0n) is 11.7. The fourth-order valence-corrected chi connectivity index (χ4v) is 2.67. The largest absolute Gasteiger partial charge is 0.325 e. The van der Waals surface area contributed by atoms with E-state index in [4.69, 9.17) is 0 Å². The smallest absolute Gasteiger partial charge is 0.234 e. The normalized spacial score (nSPS) is 10.4. The van der Waals surface area contributed by atoms with Crippen LogP contribution in [0.15, 0.2) is 65.8 Å². The molecule has 0 saturated heterocycles. The van der Waals surface area contributed by atoms with Crippen molar-refractivity contribution in [1.29, 1.82) is 0 Å². The molecule has 0 aliphatic rings. The van der Waals surface area contributed by atoms with E-state index in [0.29, 0.717) is 11.6 Å². The average Bonchev–Trinajstić information content (AvgIpc) is 3.09. The number of anilines is 1. The van der Waals surface area contributed by atoms with Crippen molar-refractivity contribution in [3.8, 4) is 11.4 Å². The van der Waals surface area contributed by atoms with Crippen molar-refractivity contribution in [3.63, 3.8) is 0 Å². The molecule has 0 atom stereocenters. The van der Waals surface area contributed by atoms with Crippen LogP contribution in [0.25, 0.3) is 11.4 Å². The number of hydrogen-bond donors (Lipinski definition) is 2. The van der Waals surface area contributed by atoms with E-state index in [0.717, 1.165) is 16.1 Å². The number of nitrogens with one attached hydrogen (secondary N) is 2. The quantitative estimate of drug-likeness (QED) is 0.710. The van der Waals surface area contributed by atoms with Crippen LogP contribution in [0.5, 0.6) is 0 Å². The van der Waals surface area contributed by atoms with Crippen molar-refractivity contribution in [2.45, 2.75) is 4.90 Å². The van der Waals surface area contributed by atoms with Crippen LogP contribution in [-0.2, 0) is 4.79 Å². The van der Waals surface area contributed by atoms with Crippen LogP contribution in [0, 0.1) is 0 Å². The van der Waals surface area contributed by atoms with E-state index in [1.165, 1.54) is 18.1 Å². The molecule has 22 heavy (non-hydrogen) atoms. The van der Waals surface area contributed by atoms with Crippen molar-refractivity contribution in [1.82, 2.24) is 15.2 Å². The molecule has 1 aromatic heterocycles. The Labute approximate surface area is 132 Å². The molecule has 110 valence electrons. The second-order valence-electron chi connectivity index (χ2n) is 4.56. The van der Waals surface area contributed by atoms with E-state index in [9.17, 15) is 4.79 Å². The maximum absolute atomic E-state index is 12.0. The number of rotatable bonds is 5. The number of thioether (sulfide) groups is 1. The molecular formula is C16H14N4OS. The molecule has 2 N–H and O–H groups in total. The Morgan fingerprint density at radius 3 is 2.77 bits per heavy atom. The highest BCUT2D eigenvalue weighted by atomic mass is 32.2. The lowest BCUT2D eigenvalue weighted by Gasteiger charge is -2.06. The SMILES string of the molecule is O=C(CSc1ccccc1)Nc1cccc(-c2ncn[nH]2)c1. The summed E-state index contributed by atoms with van der Waals surface area (Å²) in [5, 5.41) is 9.52. The van der Waals surface area contributed by atoms with E-state index < -0.39 is 0 Å². The Morgan fingerprint density at radius 1 is 1.14 bits per heavy atom. The third kappa shape index (κ3) is 3.73. The van der Waals surface area contributed by atoms with Gasteiger partial charge >= 0.3 is 0 Å². The summed E-state index contributed by atoms with van der Waals surface area (Å²) >= 11 is 1.51. The molecule has 0 aliphatic carbocycles. The summed E-state index contributed by atoms with van der Waals surface area (Å²) in [5.74, 6) is 1.01. The molecule has 0 aliphatic heterocycles. The molecule has 0 spiro atoms. The Bertz CT molecular complexity index is 744. The van der Waals surface area contributed by atoms with E-state index in [1.807, 2.05) is 54.6 Å². The summed E-state index contributed by atoms with van der Waals surface area (Å²) in [6.07, 6.45) is 1.46. The van der Waals surface area contributed by atoms with Crippen LogP contribution in [0.3, 0.4) is 0 Å². The summed E-state index contributed by atoms with van der Waals surface area (Å²) in [7, 11) is 0. The number of hydrogen-bond acceptors (Lipinski definition) is 4. The molecule has 6 heteroatoms. The van der Waals surface area contributed by atoms with E-state index in [1.54, 1.807) is 0 Å². The number of aromatic amines is 1. The Kier molecular flexibility index (Phi) is 4.50. The van der Waals surface area contributed by atoms with Crippen molar-refractivity contribution in [3.05, 3.63) is 60.9 Å². The first kappa shape index (κ1) is 14.3. The van der Waals surface area contributed by atoms with Crippen LogP contribution in [0.4, 0.5) is 5.69 Å². The highest BCUT2D eigenvalue weighted by Gasteiger charge is 2.06. The number of nitrogens with zero attached hydrogens (tertiary/aromatic N) is 2. The first-order valence-corrected chi connectivity index (χ1v) is 7.73. The monoisotopic (exact) mass is 310 g/mol. The third-order valence-corrected chi connectivity index (χ3v) is 3.96. The molecule has 0 saturated carbocycles. The van der Waals surface area contributed by atoms with Gasteiger partial charge in [-0.2, -0.15) is 5.10 Å². The number of carbonyl (C=O) groups excluding carboxylic acids is 1. The lowest BCUT2D eigenvalue weighted by molar-refractivity contribution is -0.113. The van der Waals surface area contributed by atoms with Gasteiger partial charge in [0.1, 0.15) is 6.33 Å². The van der Waals surface area contributed by atoms with Crippen LogP contribution in [-0.4, -0.2) is 26.8 Å². The summed E-state index contributed by atoms with van der Waals surface area (Å²) in [6, 6.07) is 17.4. The predicted octanol–water partition coefficient (Wildman–Crippen LogP) is 3.20. The van der Waals surface area contributed by atoms with Crippen molar-refractivity contribution < 1.29 is 4.79 Å².